The summed E-state index contributed by atoms with van der Waals surface area (Å²) in [6.07, 6.45) is 0.786. The second kappa shape index (κ2) is 5.78. The Morgan fingerprint density at radius 2 is 2.00 bits per heavy atom. The Bertz CT molecular complexity index is 962. The second-order valence-electron chi connectivity index (χ2n) is 7.46. The number of amides is 1. The smallest absolute Gasteiger partial charge is 0.259 e. The third-order valence-corrected chi connectivity index (χ3v) is 6.21. The lowest BCUT2D eigenvalue weighted by atomic mass is 9.55. The van der Waals surface area contributed by atoms with E-state index in [4.69, 9.17) is 17.0 Å². The molecule has 134 valence electrons. The maximum absolute atomic E-state index is 12.9. The van der Waals surface area contributed by atoms with Crippen molar-refractivity contribution in [3.8, 4) is 0 Å². The maximum atomic E-state index is 12.9. The molecule has 3 rings (SSSR count). The number of hydrogen-bond acceptors (Lipinski definition) is 4. The topological polar surface area (TPSA) is 78.2 Å². The molecule has 1 aromatic carbocycles. The fourth-order valence-corrected chi connectivity index (χ4v) is 3.93. The van der Waals surface area contributed by atoms with Crippen LogP contribution in [0.15, 0.2) is 23.0 Å². The van der Waals surface area contributed by atoms with Crippen molar-refractivity contribution in [1.29, 1.82) is 0 Å². The zero-order valence-corrected chi connectivity index (χ0v) is 15.9. The van der Waals surface area contributed by atoms with Gasteiger partial charge < -0.3 is 14.6 Å². The van der Waals surface area contributed by atoms with E-state index in [0.717, 1.165) is 6.42 Å². The van der Waals surface area contributed by atoms with Crippen LogP contribution < -0.4 is 5.56 Å². The molecule has 1 heterocycles. The Hall–Kier alpha value is -1.99. The van der Waals surface area contributed by atoms with Crippen molar-refractivity contribution in [2.45, 2.75) is 38.8 Å². The van der Waals surface area contributed by atoms with Gasteiger partial charge in [-0.15, -0.1) is 0 Å². The van der Waals surface area contributed by atoms with Gasteiger partial charge in [0, 0.05) is 31.2 Å². The molecule has 1 amide bonds. The van der Waals surface area contributed by atoms with E-state index in [1.54, 1.807) is 30.2 Å². The summed E-state index contributed by atoms with van der Waals surface area (Å²) in [5.74, 6) is -0.0854. The summed E-state index contributed by atoms with van der Waals surface area (Å²) >= 11 is 5.01. The van der Waals surface area contributed by atoms with Crippen LogP contribution in [0.3, 0.4) is 0 Å². The highest BCUT2D eigenvalue weighted by atomic mass is 32.1. The number of carbonyl (C=O) groups is 1. The molecule has 0 unspecified atom stereocenters. The normalized spacial score (nSPS) is 24.8. The van der Waals surface area contributed by atoms with Crippen LogP contribution in [0, 0.1) is 10.2 Å². The van der Waals surface area contributed by atoms with Crippen LogP contribution in [0.4, 0.5) is 0 Å². The number of methoxy groups -OCH3 is 1. The van der Waals surface area contributed by atoms with Gasteiger partial charge >= 0.3 is 0 Å². The molecule has 0 spiro atoms. The number of nitrogens with one attached hydrogen (secondary N) is 2. The highest BCUT2D eigenvalue weighted by molar-refractivity contribution is 7.71. The van der Waals surface area contributed by atoms with E-state index >= 15 is 0 Å². The summed E-state index contributed by atoms with van der Waals surface area (Å²) in [6.45, 7) is 6.31. The van der Waals surface area contributed by atoms with E-state index in [2.05, 4.69) is 30.7 Å². The molecule has 25 heavy (non-hydrogen) atoms. The van der Waals surface area contributed by atoms with Crippen molar-refractivity contribution < 1.29 is 9.53 Å². The van der Waals surface area contributed by atoms with Crippen LogP contribution in [0.2, 0.25) is 0 Å². The van der Waals surface area contributed by atoms with Gasteiger partial charge in [-0.1, -0.05) is 13.8 Å². The van der Waals surface area contributed by atoms with Gasteiger partial charge in [0.05, 0.1) is 16.5 Å². The summed E-state index contributed by atoms with van der Waals surface area (Å²) in [5, 5.41) is 0.476. The predicted octanol–water partition coefficient (Wildman–Crippen LogP) is 2.86. The monoisotopic (exact) mass is 361 g/mol. The van der Waals surface area contributed by atoms with Gasteiger partial charge in [-0.25, -0.2) is 0 Å². The van der Waals surface area contributed by atoms with E-state index in [1.165, 1.54) is 0 Å². The van der Waals surface area contributed by atoms with Gasteiger partial charge in [-0.2, -0.15) is 0 Å². The molecule has 0 aliphatic heterocycles. The molecular formula is C18H23N3O3S. The first-order valence-electron chi connectivity index (χ1n) is 8.19. The number of aromatic amines is 2. The lowest BCUT2D eigenvalue weighted by Crippen LogP contribution is -2.68. The number of benzene rings is 1. The summed E-state index contributed by atoms with van der Waals surface area (Å²) in [4.78, 5) is 32.1. The van der Waals surface area contributed by atoms with Crippen molar-refractivity contribution in [2.24, 2.45) is 5.41 Å². The van der Waals surface area contributed by atoms with Gasteiger partial charge in [0.1, 0.15) is 0 Å². The molecule has 2 N–H and O–H groups in total. The first kappa shape index (κ1) is 17.8. The van der Waals surface area contributed by atoms with Crippen molar-refractivity contribution >= 4 is 29.0 Å². The second-order valence-corrected chi connectivity index (χ2v) is 7.87. The highest BCUT2D eigenvalue weighted by Crippen LogP contribution is 2.53. The van der Waals surface area contributed by atoms with Crippen LogP contribution >= 0.6 is 12.2 Å². The van der Waals surface area contributed by atoms with Crippen LogP contribution in [-0.4, -0.2) is 46.6 Å². The van der Waals surface area contributed by atoms with Crippen molar-refractivity contribution in [3.05, 3.63) is 38.9 Å². The van der Waals surface area contributed by atoms with E-state index in [9.17, 15) is 9.59 Å². The quantitative estimate of drug-likeness (QED) is 0.824. The van der Waals surface area contributed by atoms with E-state index in [0.29, 0.717) is 16.5 Å². The van der Waals surface area contributed by atoms with Crippen LogP contribution in [-0.2, 0) is 4.74 Å². The fraction of sp³-hybridized carbons (Fsp3) is 0.500. The SMILES string of the molecule is CO[C@@]1(C)C[C@@H](N(C)C(=O)c2ccc3c(=O)[nH]c(=S)[nH]c3c2)C1(C)C. The van der Waals surface area contributed by atoms with E-state index in [1.807, 2.05) is 7.05 Å². The number of carbonyl (C=O) groups excluding carboxylic acids is 1. The number of fused-ring (bicyclic) bond motifs is 1. The Balaban J connectivity index is 1.92. The zero-order chi connectivity index (χ0) is 18.6. The molecule has 1 aromatic heterocycles. The molecule has 0 bridgehead atoms. The maximum Gasteiger partial charge on any atom is 0.259 e. The van der Waals surface area contributed by atoms with Gasteiger partial charge in [0.15, 0.2) is 4.77 Å². The average molecular weight is 361 g/mol. The molecule has 1 saturated carbocycles. The Morgan fingerprint density at radius 1 is 1.32 bits per heavy atom. The molecule has 6 nitrogen and oxygen atoms in total. The third kappa shape index (κ3) is 2.62. The van der Waals surface area contributed by atoms with E-state index < -0.39 is 0 Å². The van der Waals surface area contributed by atoms with Gasteiger partial charge in [-0.3, -0.25) is 14.6 Å². The Kier molecular flexibility index (Phi) is 4.12. The zero-order valence-electron chi connectivity index (χ0n) is 15.1. The minimum Gasteiger partial charge on any atom is -0.378 e. The number of aromatic nitrogens is 2. The number of nitrogens with zero attached hydrogens (tertiary/aromatic N) is 1. The fourth-order valence-electron chi connectivity index (χ4n) is 3.72. The molecule has 1 aliphatic rings. The van der Waals surface area contributed by atoms with Crippen molar-refractivity contribution in [1.82, 2.24) is 14.9 Å². The molecule has 2 aromatic rings. The highest BCUT2D eigenvalue weighted by Gasteiger charge is 2.59. The molecule has 7 heteroatoms. The number of hydrogen-bond donors (Lipinski definition) is 2. The lowest BCUT2D eigenvalue weighted by molar-refractivity contribution is -0.198. The summed E-state index contributed by atoms with van der Waals surface area (Å²) < 4.78 is 5.89. The molecular weight excluding hydrogens is 338 g/mol. The molecule has 0 saturated heterocycles. The molecule has 1 aliphatic carbocycles. The number of rotatable bonds is 3. The molecule has 1 fully saturated rings. The number of ether oxygens (including phenoxy) is 1. The third-order valence-electron chi connectivity index (χ3n) is 6.00. The number of H-pyrrole nitrogens is 2. The Morgan fingerprint density at radius 3 is 2.60 bits per heavy atom. The van der Waals surface area contributed by atoms with Crippen molar-refractivity contribution in [3.63, 3.8) is 0 Å². The minimum absolute atomic E-state index is 0.0818. The van der Waals surface area contributed by atoms with Gasteiger partial charge in [-0.05, 0) is 43.8 Å². The van der Waals surface area contributed by atoms with Gasteiger partial charge in [0.25, 0.3) is 11.5 Å². The van der Waals surface area contributed by atoms with E-state index in [-0.39, 0.29) is 33.3 Å². The van der Waals surface area contributed by atoms with Crippen LogP contribution in [0.5, 0.6) is 0 Å². The van der Waals surface area contributed by atoms with Crippen LogP contribution in [0.1, 0.15) is 37.6 Å². The van der Waals surface area contributed by atoms with Crippen LogP contribution in [0.25, 0.3) is 10.9 Å². The predicted molar refractivity (Wildman–Crippen MR) is 99.4 cm³/mol. The molecule has 2 atom stereocenters. The first-order chi connectivity index (χ1) is 11.6. The summed E-state index contributed by atoms with van der Waals surface area (Å²) in [7, 11) is 3.52. The molecule has 0 radical (unpaired) electrons. The van der Waals surface area contributed by atoms with Crippen molar-refractivity contribution in [2.75, 3.05) is 14.2 Å². The standard InChI is InChI=1S/C18H23N3O3S/c1-17(2)13(9-18(17,3)24-5)21(4)15(23)10-6-7-11-12(8-10)19-16(25)20-14(11)22/h6-8,13H,9H2,1-5H3,(H2,19,20,22,25)/t13-,18+/m1/s1. The lowest BCUT2D eigenvalue weighted by Gasteiger charge is -2.61. The minimum atomic E-state index is -0.262. The Labute approximate surface area is 151 Å². The summed E-state index contributed by atoms with van der Waals surface area (Å²) in [6, 6.07) is 5.08. The summed E-state index contributed by atoms with van der Waals surface area (Å²) in [5.41, 5.74) is 0.422. The average Bonchev–Trinajstić information content (AvgIpc) is 2.57. The largest absolute Gasteiger partial charge is 0.378 e. The van der Waals surface area contributed by atoms with Gasteiger partial charge in [0.2, 0.25) is 0 Å². The first-order valence-corrected chi connectivity index (χ1v) is 8.60.